The number of nitrogens with zero attached hydrogens (tertiary/aromatic N) is 1. The third-order valence-electron chi connectivity index (χ3n) is 3.80. The number of nitrogens with one attached hydrogen (secondary N) is 1. The third-order valence-corrected chi connectivity index (χ3v) is 5.11. The molecule has 1 aliphatic rings. The third kappa shape index (κ3) is 5.21. The highest BCUT2D eigenvalue weighted by molar-refractivity contribution is 8.14. The first-order chi connectivity index (χ1) is 8.56. The molecule has 18 heavy (non-hydrogen) atoms. The maximum atomic E-state index is 4.67. The predicted molar refractivity (Wildman–Crippen MR) is 84.4 cm³/mol. The van der Waals surface area contributed by atoms with Crippen LogP contribution in [-0.4, -0.2) is 23.0 Å². The first-order valence-electron chi connectivity index (χ1n) is 7.54. The average Bonchev–Trinajstić information content (AvgIpc) is 2.76. The lowest BCUT2D eigenvalue weighted by molar-refractivity contribution is 0.479. The Morgan fingerprint density at radius 1 is 1.22 bits per heavy atom. The second kappa shape index (κ2) is 8.08. The molecule has 1 aliphatic heterocycles. The van der Waals surface area contributed by atoms with Gasteiger partial charge in [-0.05, 0) is 31.6 Å². The molecule has 0 spiro atoms. The molecule has 0 bridgehead atoms. The standard InChI is InChI=1S/C15H30N2S/c1-6-13(7-2)14-10-16-15(18-14)17-12(5)9-8-11(3)4/h11-14H,6-10H2,1-5H3,(H,16,17). The maximum absolute atomic E-state index is 4.67. The summed E-state index contributed by atoms with van der Waals surface area (Å²) in [5.74, 6) is 1.62. The molecule has 1 N–H and O–H groups in total. The van der Waals surface area contributed by atoms with Crippen LogP contribution in [-0.2, 0) is 0 Å². The minimum atomic E-state index is 0.555. The van der Waals surface area contributed by atoms with E-state index in [9.17, 15) is 0 Å². The molecular weight excluding hydrogens is 240 g/mol. The molecular formula is C15H30N2S. The Labute approximate surface area is 117 Å². The van der Waals surface area contributed by atoms with Gasteiger partial charge in [-0.15, -0.1) is 0 Å². The highest BCUT2D eigenvalue weighted by Crippen LogP contribution is 2.30. The molecule has 1 rings (SSSR count). The molecule has 0 saturated carbocycles. The predicted octanol–water partition coefficient (Wildman–Crippen LogP) is 4.31. The fourth-order valence-corrected chi connectivity index (χ4v) is 3.83. The molecule has 0 radical (unpaired) electrons. The summed E-state index contributed by atoms with van der Waals surface area (Å²) in [4.78, 5) is 4.67. The van der Waals surface area contributed by atoms with Crippen molar-refractivity contribution in [1.82, 2.24) is 5.32 Å². The van der Waals surface area contributed by atoms with E-state index in [0.717, 1.165) is 18.4 Å². The van der Waals surface area contributed by atoms with Crippen LogP contribution in [0, 0.1) is 11.8 Å². The van der Waals surface area contributed by atoms with Gasteiger partial charge in [0.1, 0.15) is 0 Å². The lowest BCUT2D eigenvalue weighted by Crippen LogP contribution is -2.30. The van der Waals surface area contributed by atoms with Crippen molar-refractivity contribution in [3.63, 3.8) is 0 Å². The quantitative estimate of drug-likeness (QED) is 0.745. The monoisotopic (exact) mass is 270 g/mol. The zero-order valence-electron chi connectivity index (χ0n) is 12.7. The molecule has 0 aromatic heterocycles. The number of hydrogen-bond acceptors (Lipinski definition) is 3. The summed E-state index contributed by atoms with van der Waals surface area (Å²) in [6, 6.07) is 0.555. The van der Waals surface area contributed by atoms with E-state index in [2.05, 4.69) is 44.9 Å². The summed E-state index contributed by atoms with van der Waals surface area (Å²) in [5.41, 5.74) is 0. The molecule has 106 valence electrons. The van der Waals surface area contributed by atoms with Gasteiger partial charge in [0.25, 0.3) is 0 Å². The average molecular weight is 270 g/mol. The van der Waals surface area contributed by atoms with Crippen molar-refractivity contribution in [1.29, 1.82) is 0 Å². The Bertz CT molecular complexity index is 259. The van der Waals surface area contributed by atoms with Crippen molar-refractivity contribution in [2.45, 2.75) is 71.6 Å². The smallest absolute Gasteiger partial charge is 0.157 e. The maximum Gasteiger partial charge on any atom is 0.157 e. The molecule has 0 fully saturated rings. The minimum absolute atomic E-state index is 0.555. The van der Waals surface area contributed by atoms with E-state index >= 15 is 0 Å². The first-order valence-corrected chi connectivity index (χ1v) is 8.42. The molecule has 2 atom stereocenters. The van der Waals surface area contributed by atoms with Crippen molar-refractivity contribution >= 4 is 16.9 Å². The highest BCUT2D eigenvalue weighted by atomic mass is 32.2. The van der Waals surface area contributed by atoms with Crippen molar-refractivity contribution in [3.8, 4) is 0 Å². The number of thioether (sulfide) groups is 1. The van der Waals surface area contributed by atoms with E-state index in [1.165, 1.54) is 30.9 Å². The van der Waals surface area contributed by atoms with E-state index in [0.29, 0.717) is 11.3 Å². The molecule has 2 nitrogen and oxygen atoms in total. The summed E-state index contributed by atoms with van der Waals surface area (Å²) in [7, 11) is 0. The SMILES string of the molecule is CCC(CC)C1CN=C(NC(C)CCC(C)C)S1. The van der Waals surface area contributed by atoms with Gasteiger partial charge >= 0.3 is 0 Å². The van der Waals surface area contributed by atoms with E-state index in [4.69, 9.17) is 0 Å². The van der Waals surface area contributed by atoms with Crippen LogP contribution in [0.2, 0.25) is 0 Å². The second-order valence-corrected chi connectivity index (χ2v) is 7.12. The van der Waals surface area contributed by atoms with Gasteiger partial charge in [-0.25, -0.2) is 0 Å². The van der Waals surface area contributed by atoms with Crippen molar-refractivity contribution < 1.29 is 0 Å². The number of aliphatic imine (C=N–C) groups is 1. The van der Waals surface area contributed by atoms with Crippen LogP contribution in [0.1, 0.15) is 60.3 Å². The summed E-state index contributed by atoms with van der Waals surface area (Å²) in [5, 5.41) is 5.47. The van der Waals surface area contributed by atoms with E-state index in [1.807, 2.05) is 11.8 Å². The van der Waals surface area contributed by atoms with E-state index in [1.54, 1.807) is 0 Å². The number of hydrogen-bond donors (Lipinski definition) is 1. The zero-order chi connectivity index (χ0) is 13.5. The molecule has 0 aromatic carbocycles. The van der Waals surface area contributed by atoms with Gasteiger partial charge in [-0.2, -0.15) is 0 Å². The van der Waals surface area contributed by atoms with Crippen LogP contribution in [0.3, 0.4) is 0 Å². The Morgan fingerprint density at radius 3 is 2.44 bits per heavy atom. The van der Waals surface area contributed by atoms with Crippen LogP contribution < -0.4 is 5.32 Å². The zero-order valence-corrected chi connectivity index (χ0v) is 13.5. The van der Waals surface area contributed by atoms with Crippen LogP contribution in [0.25, 0.3) is 0 Å². The molecule has 1 heterocycles. The van der Waals surface area contributed by atoms with Crippen molar-refractivity contribution in [2.75, 3.05) is 6.54 Å². The molecule has 0 saturated heterocycles. The first kappa shape index (κ1) is 15.9. The number of amidine groups is 1. The van der Waals surface area contributed by atoms with Gasteiger partial charge in [0, 0.05) is 11.3 Å². The van der Waals surface area contributed by atoms with Gasteiger partial charge in [0.2, 0.25) is 0 Å². The summed E-state index contributed by atoms with van der Waals surface area (Å²) >= 11 is 1.97. The molecule has 3 heteroatoms. The summed E-state index contributed by atoms with van der Waals surface area (Å²) in [6.45, 7) is 12.5. The Kier molecular flexibility index (Phi) is 7.13. The largest absolute Gasteiger partial charge is 0.362 e. The fourth-order valence-electron chi connectivity index (χ4n) is 2.40. The normalized spacial score (nSPS) is 21.5. The Morgan fingerprint density at radius 2 is 1.89 bits per heavy atom. The van der Waals surface area contributed by atoms with Crippen LogP contribution in [0.5, 0.6) is 0 Å². The van der Waals surface area contributed by atoms with Gasteiger partial charge in [0.15, 0.2) is 5.17 Å². The highest BCUT2D eigenvalue weighted by Gasteiger charge is 2.26. The topological polar surface area (TPSA) is 24.4 Å². The number of rotatable bonds is 7. The summed E-state index contributed by atoms with van der Waals surface area (Å²) in [6.07, 6.45) is 5.09. The Balaban J connectivity index is 2.29. The lowest BCUT2D eigenvalue weighted by Gasteiger charge is -2.20. The second-order valence-electron chi connectivity index (χ2n) is 5.90. The molecule has 0 aromatic rings. The Hall–Kier alpha value is -0.180. The summed E-state index contributed by atoms with van der Waals surface area (Å²) < 4.78 is 0. The van der Waals surface area contributed by atoms with Gasteiger partial charge in [-0.1, -0.05) is 52.3 Å². The van der Waals surface area contributed by atoms with Crippen LogP contribution in [0.4, 0.5) is 0 Å². The van der Waals surface area contributed by atoms with Crippen molar-refractivity contribution in [2.24, 2.45) is 16.8 Å². The fraction of sp³-hybridized carbons (Fsp3) is 0.933. The minimum Gasteiger partial charge on any atom is -0.362 e. The van der Waals surface area contributed by atoms with E-state index in [-0.39, 0.29) is 0 Å². The molecule has 2 unspecified atom stereocenters. The van der Waals surface area contributed by atoms with Crippen LogP contribution >= 0.6 is 11.8 Å². The van der Waals surface area contributed by atoms with Gasteiger partial charge in [-0.3, -0.25) is 4.99 Å². The van der Waals surface area contributed by atoms with E-state index < -0.39 is 0 Å². The van der Waals surface area contributed by atoms with Crippen molar-refractivity contribution in [3.05, 3.63) is 0 Å². The lowest BCUT2D eigenvalue weighted by atomic mass is 9.99. The van der Waals surface area contributed by atoms with Gasteiger partial charge in [0.05, 0.1) is 6.54 Å². The van der Waals surface area contributed by atoms with Crippen LogP contribution in [0.15, 0.2) is 4.99 Å². The van der Waals surface area contributed by atoms with Gasteiger partial charge < -0.3 is 5.32 Å². The molecule has 0 aliphatic carbocycles. The molecule has 0 amide bonds.